The molecule has 2 aromatic rings. The monoisotopic (exact) mass is 554 g/mol. The quantitative estimate of drug-likeness (QED) is 0.338. The number of esters is 1. The normalized spacial score (nSPS) is 17.1. The first-order valence-electron chi connectivity index (χ1n) is 14.9. The van der Waals surface area contributed by atoms with Gasteiger partial charge in [-0.2, -0.15) is 5.10 Å². The average molecular weight is 555 g/mol. The van der Waals surface area contributed by atoms with Gasteiger partial charge in [0.1, 0.15) is 11.5 Å². The fourth-order valence-corrected chi connectivity index (χ4v) is 5.75. The van der Waals surface area contributed by atoms with Crippen molar-refractivity contribution < 1.29 is 23.8 Å². The van der Waals surface area contributed by atoms with E-state index in [0.29, 0.717) is 30.2 Å². The van der Waals surface area contributed by atoms with Crippen LogP contribution >= 0.6 is 0 Å². The third-order valence-electron chi connectivity index (χ3n) is 7.89. The molecule has 9 heteroatoms. The van der Waals surface area contributed by atoms with Crippen molar-refractivity contribution in [2.75, 3.05) is 40.5 Å². The van der Waals surface area contributed by atoms with E-state index in [0.717, 1.165) is 56.6 Å². The molecule has 0 unspecified atom stereocenters. The molecule has 2 fully saturated rings. The van der Waals surface area contributed by atoms with Crippen molar-refractivity contribution in [3.8, 4) is 22.8 Å². The number of aromatic nitrogens is 2. The number of hydrogen-bond acceptors (Lipinski definition) is 7. The number of ether oxygens (including phenoxy) is 3. The SMILES string of the molecule is COc1cccc(OC)c1-c1cc(C(=O)N[C@@H](CCN2CCCCC2)CC(=O)OCC(C)C)nn1C1CCCC1. The Labute approximate surface area is 238 Å². The summed E-state index contributed by atoms with van der Waals surface area (Å²) in [6, 6.07) is 7.36. The zero-order valence-electron chi connectivity index (χ0n) is 24.6. The minimum Gasteiger partial charge on any atom is -0.496 e. The molecule has 1 amide bonds. The molecule has 40 heavy (non-hydrogen) atoms. The van der Waals surface area contributed by atoms with Crippen molar-refractivity contribution in [3.63, 3.8) is 0 Å². The van der Waals surface area contributed by atoms with Crippen LogP contribution in [-0.4, -0.2) is 73.1 Å². The number of nitrogens with one attached hydrogen (secondary N) is 1. The maximum Gasteiger partial charge on any atom is 0.307 e. The van der Waals surface area contributed by atoms with E-state index in [2.05, 4.69) is 10.2 Å². The Kier molecular flexibility index (Phi) is 10.9. The fourth-order valence-electron chi connectivity index (χ4n) is 5.75. The number of carbonyl (C=O) groups is 2. The summed E-state index contributed by atoms with van der Waals surface area (Å²) in [5, 5.41) is 7.95. The van der Waals surface area contributed by atoms with Crippen LogP contribution in [0, 0.1) is 5.92 Å². The number of piperidine rings is 1. The number of rotatable bonds is 13. The predicted octanol–water partition coefficient (Wildman–Crippen LogP) is 5.25. The van der Waals surface area contributed by atoms with Gasteiger partial charge in [-0.3, -0.25) is 14.3 Å². The first-order valence-corrected chi connectivity index (χ1v) is 14.9. The van der Waals surface area contributed by atoms with E-state index in [-0.39, 0.29) is 36.3 Å². The smallest absolute Gasteiger partial charge is 0.307 e. The molecule has 1 aromatic carbocycles. The van der Waals surface area contributed by atoms with Gasteiger partial charge >= 0.3 is 5.97 Å². The Morgan fingerprint density at radius 3 is 2.33 bits per heavy atom. The molecule has 4 rings (SSSR count). The largest absolute Gasteiger partial charge is 0.496 e. The van der Waals surface area contributed by atoms with Gasteiger partial charge in [-0.1, -0.05) is 39.2 Å². The van der Waals surface area contributed by atoms with Crippen LogP contribution < -0.4 is 14.8 Å². The number of carbonyl (C=O) groups excluding carboxylic acids is 2. The van der Waals surface area contributed by atoms with Crippen LogP contribution in [0.25, 0.3) is 11.3 Å². The van der Waals surface area contributed by atoms with Gasteiger partial charge in [0.15, 0.2) is 5.69 Å². The molecule has 1 aliphatic carbocycles. The second-order valence-electron chi connectivity index (χ2n) is 11.5. The number of benzene rings is 1. The number of hydrogen-bond donors (Lipinski definition) is 1. The van der Waals surface area contributed by atoms with Crippen LogP contribution in [-0.2, 0) is 9.53 Å². The lowest BCUT2D eigenvalue weighted by molar-refractivity contribution is -0.145. The van der Waals surface area contributed by atoms with Crippen molar-refractivity contribution in [3.05, 3.63) is 30.0 Å². The zero-order chi connectivity index (χ0) is 28.5. The van der Waals surface area contributed by atoms with Crippen LogP contribution in [0.1, 0.15) is 88.2 Å². The van der Waals surface area contributed by atoms with E-state index in [1.807, 2.05) is 42.8 Å². The molecular formula is C31H46N4O5. The minimum atomic E-state index is -0.338. The molecule has 220 valence electrons. The van der Waals surface area contributed by atoms with Crippen LogP contribution in [0.3, 0.4) is 0 Å². The number of likely N-dealkylation sites (tertiary alicyclic amines) is 1. The summed E-state index contributed by atoms with van der Waals surface area (Å²) in [6.45, 7) is 7.36. The maximum atomic E-state index is 13.7. The van der Waals surface area contributed by atoms with E-state index in [1.165, 1.54) is 19.3 Å². The molecule has 1 aromatic heterocycles. The lowest BCUT2D eigenvalue weighted by atomic mass is 10.1. The number of methoxy groups -OCH3 is 2. The van der Waals surface area contributed by atoms with Crippen molar-refractivity contribution in [1.82, 2.24) is 20.0 Å². The molecule has 9 nitrogen and oxygen atoms in total. The standard InChI is InChI=1S/C31H46N4O5/c1-22(2)21-40-29(36)19-23(15-18-34-16-8-5-9-17-34)32-31(37)25-20-26(35(33-25)24-11-6-7-12-24)30-27(38-3)13-10-14-28(30)39-4/h10,13-14,20,22-24H,5-9,11-12,15-19,21H2,1-4H3,(H,32,37)/t23-/m0/s1. The molecule has 0 bridgehead atoms. The first kappa shape index (κ1) is 29.9. The Bertz CT molecular complexity index is 1100. The van der Waals surface area contributed by atoms with Gasteiger partial charge in [-0.15, -0.1) is 0 Å². The van der Waals surface area contributed by atoms with Crippen LogP contribution in [0.2, 0.25) is 0 Å². The number of amides is 1. The Balaban J connectivity index is 1.58. The summed E-state index contributed by atoms with van der Waals surface area (Å²) in [4.78, 5) is 28.7. The molecule has 0 radical (unpaired) electrons. The van der Waals surface area contributed by atoms with Crippen LogP contribution in [0.5, 0.6) is 11.5 Å². The first-order chi connectivity index (χ1) is 19.4. The highest BCUT2D eigenvalue weighted by Gasteiger charge is 2.28. The molecule has 2 aliphatic rings. The van der Waals surface area contributed by atoms with E-state index in [1.54, 1.807) is 14.2 Å². The topological polar surface area (TPSA) is 94.9 Å². The van der Waals surface area contributed by atoms with Gasteiger partial charge in [0.25, 0.3) is 5.91 Å². The van der Waals surface area contributed by atoms with Gasteiger partial charge in [-0.05, 0) is 69.3 Å². The lowest BCUT2D eigenvalue weighted by Gasteiger charge is -2.28. The second kappa shape index (κ2) is 14.5. The van der Waals surface area contributed by atoms with Crippen molar-refractivity contribution in [1.29, 1.82) is 0 Å². The summed E-state index contributed by atoms with van der Waals surface area (Å²) in [7, 11) is 3.26. The summed E-state index contributed by atoms with van der Waals surface area (Å²) in [5.74, 6) is 1.02. The van der Waals surface area contributed by atoms with Gasteiger partial charge in [0.05, 0.1) is 44.5 Å². The molecule has 2 heterocycles. The van der Waals surface area contributed by atoms with Gasteiger partial charge in [0.2, 0.25) is 0 Å². The molecule has 0 spiro atoms. The lowest BCUT2D eigenvalue weighted by Crippen LogP contribution is -2.41. The third kappa shape index (κ3) is 7.77. The Morgan fingerprint density at radius 1 is 1.02 bits per heavy atom. The van der Waals surface area contributed by atoms with E-state index < -0.39 is 0 Å². The predicted molar refractivity (Wildman–Crippen MR) is 155 cm³/mol. The number of nitrogens with zero attached hydrogens (tertiary/aromatic N) is 3. The molecule has 1 N–H and O–H groups in total. The minimum absolute atomic E-state index is 0.142. The highest BCUT2D eigenvalue weighted by Crippen LogP contribution is 2.41. The highest BCUT2D eigenvalue weighted by atomic mass is 16.5. The highest BCUT2D eigenvalue weighted by molar-refractivity contribution is 5.94. The molecule has 1 saturated carbocycles. The summed E-state index contributed by atoms with van der Waals surface area (Å²) in [5.41, 5.74) is 1.91. The summed E-state index contributed by atoms with van der Waals surface area (Å²) < 4.78 is 18.8. The Morgan fingerprint density at radius 2 is 1.70 bits per heavy atom. The fraction of sp³-hybridized carbons (Fsp3) is 0.645. The van der Waals surface area contributed by atoms with E-state index in [4.69, 9.17) is 19.3 Å². The van der Waals surface area contributed by atoms with Gasteiger partial charge < -0.3 is 24.4 Å². The Hall–Kier alpha value is -3.07. The van der Waals surface area contributed by atoms with Gasteiger partial charge in [-0.25, -0.2) is 0 Å². The van der Waals surface area contributed by atoms with Crippen molar-refractivity contribution >= 4 is 11.9 Å². The van der Waals surface area contributed by atoms with Crippen molar-refractivity contribution in [2.45, 2.75) is 83.7 Å². The average Bonchev–Trinajstić information content (AvgIpc) is 3.65. The van der Waals surface area contributed by atoms with Crippen molar-refractivity contribution in [2.24, 2.45) is 5.92 Å². The molecule has 1 saturated heterocycles. The molecule has 1 atom stereocenters. The van der Waals surface area contributed by atoms with E-state index >= 15 is 0 Å². The molecule has 1 aliphatic heterocycles. The van der Waals surface area contributed by atoms with Gasteiger partial charge in [0, 0.05) is 12.6 Å². The molecular weight excluding hydrogens is 508 g/mol. The van der Waals surface area contributed by atoms with E-state index in [9.17, 15) is 9.59 Å². The summed E-state index contributed by atoms with van der Waals surface area (Å²) >= 11 is 0. The maximum absolute atomic E-state index is 13.7. The van der Waals surface area contributed by atoms with Crippen LogP contribution in [0.15, 0.2) is 24.3 Å². The second-order valence-corrected chi connectivity index (χ2v) is 11.5. The zero-order valence-corrected chi connectivity index (χ0v) is 24.6. The third-order valence-corrected chi connectivity index (χ3v) is 7.89. The van der Waals surface area contributed by atoms with Crippen LogP contribution in [0.4, 0.5) is 0 Å². The summed E-state index contributed by atoms with van der Waals surface area (Å²) in [6.07, 6.45) is 8.75.